The molecule has 0 aromatic heterocycles. The molecule has 0 aliphatic carbocycles. The molecule has 20 heavy (non-hydrogen) atoms. The summed E-state index contributed by atoms with van der Waals surface area (Å²) >= 11 is 7.72. The van der Waals surface area contributed by atoms with Crippen molar-refractivity contribution in [3.8, 4) is 0 Å². The Kier molecular flexibility index (Phi) is 4.99. The summed E-state index contributed by atoms with van der Waals surface area (Å²) < 4.78 is 0. The molecule has 1 aromatic carbocycles. The summed E-state index contributed by atoms with van der Waals surface area (Å²) in [5.41, 5.74) is 6.57. The zero-order valence-electron chi connectivity index (χ0n) is 12.0. The minimum absolute atomic E-state index is 0.0479. The van der Waals surface area contributed by atoms with Gasteiger partial charge in [-0.25, -0.2) is 0 Å². The van der Waals surface area contributed by atoms with Crippen LogP contribution >= 0.6 is 23.4 Å². The number of carbonyl (C=O) groups excluding carboxylic acids is 1. The molecule has 2 N–H and O–H groups in total. The number of rotatable bonds is 4. The summed E-state index contributed by atoms with van der Waals surface area (Å²) in [6, 6.07) is 5.55. The van der Waals surface area contributed by atoms with E-state index in [1.54, 1.807) is 17.8 Å². The molecule has 0 bridgehead atoms. The van der Waals surface area contributed by atoms with Crippen LogP contribution in [-0.2, 0) is 0 Å². The molecule has 1 aromatic rings. The lowest BCUT2D eigenvalue weighted by atomic mass is 9.90. The number of hydrogen-bond acceptors (Lipinski definition) is 3. The van der Waals surface area contributed by atoms with Crippen molar-refractivity contribution in [1.82, 2.24) is 4.90 Å². The van der Waals surface area contributed by atoms with Crippen LogP contribution in [0.25, 0.3) is 0 Å². The molecule has 0 saturated carbocycles. The Morgan fingerprint density at radius 2 is 2.30 bits per heavy atom. The zero-order valence-corrected chi connectivity index (χ0v) is 13.6. The number of thioether (sulfide) groups is 1. The van der Waals surface area contributed by atoms with Crippen LogP contribution in [0.5, 0.6) is 0 Å². The number of benzene rings is 1. The van der Waals surface area contributed by atoms with Gasteiger partial charge in [-0.05, 0) is 42.3 Å². The zero-order chi connectivity index (χ0) is 14.8. The topological polar surface area (TPSA) is 46.3 Å². The lowest BCUT2D eigenvalue weighted by Crippen LogP contribution is -2.34. The summed E-state index contributed by atoms with van der Waals surface area (Å²) in [5.74, 6) is 1.00. The summed E-state index contributed by atoms with van der Waals surface area (Å²) in [6.45, 7) is 6.33. The van der Waals surface area contributed by atoms with Crippen molar-refractivity contribution < 1.29 is 4.79 Å². The molecule has 1 saturated heterocycles. The van der Waals surface area contributed by atoms with E-state index >= 15 is 0 Å². The number of nitrogens with two attached hydrogens (primary N) is 1. The monoisotopic (exact) mass is 312 g/mol. The van der Waals surface area contributed by atoms with Crippen molar-refractivity contribution in [2.45, 2.75) is 25.2 Å². The Labute approximate surface area is 129 Å². The van der Waals surface area contributed by atoms with Gasteiger partial charge in [0.25, 0.3) is 5.91 Å². The highest BCUT2D eigenvalue weighted by Gasteiger charge is 2.35. The molecule has 1 heterocycles. The molecule has 2 rings (SSSR count). The molecule has 5 heteroatoms. The predicted octanol–water partition coefficient (Wildman–Crippen LogP) is 3.26. The van der Waals surface area contributed by atoms with Crippen molar-refractivity contribution >= 4 is 29.3 Å². The van der Waals surface area contributed by atoms with Crippen LogP contribution < -0.4 is 5.73 Å². The number of hydrogen-bond donors (Lipinski definition) is 1. The van der Waals surface area contributed by atoms with Gasteiger partial charge in [0.15, 0.2) is 0 Å². The first-order valence-corrected chi connectivity index (χ1v) is 8.27. The fourth-order valence-electron chi connectivity index (χ4n) is 2.48. The van der Waals surface area contributed by atoms with Gasteiger partial charge in [0, 0.05) is 23.0 Å². The van der Waals surface area contributed by atoms with E-state index in [1.807, 2.05) is 17.0 Å². The first-order chi connectivity index (χ1) is 9.49. The van der Waals surface area contributed by atoms with Crippen molar-refractivity contribution in [1.29, 1.82) is 0 Å². The van der Waals surface area contributed by atoms with Crippen LogP contribution in [0.4, 0.5) is 0 Å². The minimum Gasteiger partial charge on any atom is -0.338 e. The first-order valence-electron chi connectivity index (χ1n) is 6.91. The maximum absolute atomic E-state index is 12.7. The molecule has 1 amide bonds. The third-order valence-corrected chi connectivity index (χ3v) is 5.00. The van der Waals surface area contributed by atoms with E-state index < -0.39 is 0 Å². The quantitative estimate of drug-likeness (QED) is 0.868. The fraction of sp³-hybridized carbons (Fsp3) is 0.533. The molecule has 0 radical (unpaired) electrons. The van der Waals surface area contributed by atoms with E-state index in [0.29, 0.717) is 17.1 Å². The Balaban J connectivity index is 2.23. The second-order valence-corrected chi connectivity index (χ2v) is 7.31. The Bertz CT molecular complexity index is 509. The third kappa shape index (κ3) is 3.30. The normalized spacial score (nSPS) is 22.3. The van der Waals surface area contributed by atoms with Gasteiger partial charge in [-0.2, -0.15) is 0 Å². The number of halogens is 1. The van der Waals surface area contributed by atoms with Crippen molar-refractivity contribution in [3.05, 3.63) is 28.8 Å². The lowest BCUT2D eigenvalue weighted by Gasteiger charge is -2.23. The predicted molar refractivity (Wildman–Crippen MR) is 85.5 cm³/mol. The van der Waals surface area contributed by atoms with Crippen molar-refractivity contribution in [3.63, 3.8) is 0 Å². The van der Waals surface area contributed by atoms with Crippen LogP contribution in [0.1, 0.15) is 30.6 Å². The van der Waals surface area contributed by atoms with Crippen LogP contribution in [-0.4, -0.2) is 36.2 Å². The van der Waals surface area contributed by atoms with Crippen LogP contribution in [0.15, 0.2) is 23.1 Å². The van der Waals surface area contributed by atoms with Gasteiger partial charge in [-0.3, -0.25) is 4.79 Å². The Morgan fingerprint density at radius 3 is 2.90 bits per heavy atom. The summed E-state index contributed by atoms with van der Waals surface area (Å²) in [4.78, 5) is 15.6. The average molecular weight is 313 g/mol. The summed E-state index contributed by atoms with van der Waals surface area (Å²) in [6.07, 6.45) is 0.964. The Morgan fingerprint density at radius 1 is 1.55 bits per heavy atom. The van der Waals surface area contributed by atoms with E-state index in [4.69, 9.17) is 17.3 Å². The van der Waals surface area contributed by atoms with E-state index in [9.17, 15) is 4.79 Å². The largest absolute Gasteiger partial charge is 0.338 e. The van der Waals surface area contributed by atoms with E-state index in [1.165, 1.54) is 0 Å². The second-order valence-electron chi connectivity index (χ2n) is 5.56. The number of likely N-dealkylation sites (tertiary alicyclic amines) is 1. The first kappa shape index (κ1) is 15.7. The fourth-order valence-corrected chi connectivity index (χ4v) is 3.43. The number of carbonyl (C=O) groups is 1. The Hall–Kier alpha value is -0.710. The highest BCUT2D eigenvalue weighted by Crippen LogP contribution is 2.32. The van der Waals surface area contributed by atoms with Crippen LogP contribution in [0.3, 0.4) is 0 Å². The van der Waals surface area contributed by atoms with Gasteiger partial charge < -0.3 is 10.6 Å². The van der Waals surface area contributed by atoms with E-state index in [-0.39, 0.29) is 11.3 Å². The number of amides is 1. The van der Waals surface area contributed by atoms with Crippen molar-refractivity contribution in [2.75, 3.05) is 25.4 Å². The molecular formula is C15H21ClN2OS. The average Bonchev–Trinajstić information content (AvgIpc) is 2.84. The maximum Gasteiger partial charge on any atom is 0.255 e. The number of nitrogens with zero attached hydrogens (tertiary/aromatic N) is 1. The standard InChI is InChI=1S/C15H21ClN2OS/c1-3-20-13-5-4-11(16)8-12(13)14(19)18-7-6-15(2,9-17)10-18/h4-5,8H,3,6-7,9-10,17H2,1-2H3. The smallest absolute Gasteiger partial charge is 0.255 e. The van der Waals surface area contributed by atoms with Gasteiger partial charge in [0.05, 0.1) is 5.56 Å². The molecule has 1 aliphatic heterocycles. The van der Waals surface area contributed by atoms with Crippen LogP contribution in [0, 0.1) is 5.41 Å². The summed E-state index contributed by atoms with van der Waals surface area (Å²) in [5, 5.41) is 0.606. The minimum atomic E-state index is 0.0479. The SMILES string of the molecule is CCSc1ccc(Cl)cc1C(=O)N1CCC(C)(CN)C1. The third-order valence-electron chi connectivity index (χ3n) is 3.81. The van der Waals surface area contributed by atoms with Crippen LogP contribution in [0.2, 0.25) is 5.02 Å². The molecular weight excluding hydrogens is 292 g/mol. The molecule has 1 atom stereocenters. The van der Waals surface area contributed by atoms with E-state index in [0.717, 1.165) is 30.2 Å². The highest BCUT2D eigenvalue weighted by molar-refractivity contribution is 7.99. The molecule has 1 unspecified atom stereocenters. The summed E-state index contributed by atoms with van der Waals surface area (Å²) in [7, 11) is 0. The van der Waals surface area contributed by atoms with Gasteiger partial charge in [0.2, 0.25) is 0 Å². The van der Waals surface area contributed by atoms with Gasteiger partial charge >= 0.3 is 0 Å². The molecule has 1 fully saturated rings. The van der Waals surface area contributed by atoms with Gasteiger partial charge in [0.1, 0.15) is 0 Å². The molecule has 3 nitrogen and oxygen atoms in total. The maximum atomic E-state index is 12.7. The lowest BCUT2D eigenvalue weighted by molar-refractivity contribution is 0.0773. The molecule has 110 valence electrons. The van der Waals surface area contributed by atoms with Crippen molar-refractivity contribution in [2.24, 2.45) is 11.1 Å². The molecule has 0 spiro atoms. The van der Waals surface area contributed by atoms with E-state index in [2.05, 4.69) is 13.8 Å². The van der Waals surface area contributed by atoms with Gasteiger partial charge in [-0.1, -0.05) is 25.4 Å². The second kappa shape index (κ2) is 6.37. The molecule has 1 aliphatic rings. The highest BCUT2D eigenvalue weighted by atomic mass is 35.5. The van der Waals surface area contributed by atoms with Gasteiger partial charge in [-0.15, -0.1) is 11.8 Å².